The normalized spacial score (nSPS) is 12.5. The number of unbranched alkanes of at least 4 members (excludes halogenated alkanes) is 14. The Morgan fingerprint density at radius 1 is 0.541 bits per heavy atom. The molecule has 0 aliphatic carbocycles. The van der Waals surface area contributed by atoms with Crippen molar-refractivity contribution in [2.45, 2.75) is 161 Å². The number of carbonyl (C=O) groups is 4. The SMILES string of the molecule is C.C[C@@H](CCCCCCCCCCN=C(N)NC(=O)c1nc(Cl)c(N)nc1N)NC[C@H](O)c1ccc(O)c(NC=O)c1.C[C@@H](CCCCCCCCCCN=C(N)NC(=O)c1nc(Cl)c(N)nc1N)NC[C@H](O)c1ccc(O)c(NC=O)c1.S.S. The zero-order valence-corrected chi connectivity index (χ0v) is 51.3. The number of phenols is 2. The number of nitrogens with zero attached hydrogens (tertiary/aromatic N) is 6. The topological polar surface area (TPSA) is 454 Å². The molecule has 22 N–H and O–H groups in total. The smallest absolute Gasteiger partial charge is 0.280 e. The minimum Gasteiger partial charge on any atom is -0.506 e. The lowest BCUT2D eigenvalue weighted by molar-refractivity contribution is -0.106. The molecule has 0 unspecified atom stereocenters. The average Bonchev–Trinajstić information content (AvgIpc) is 3.65. The summed E-state index contributed by atoms with van der Waals surface area (Å²) in [6.07, 6.45) is 19.0. The predicted molar refractivity (Wildman–Crippen MR) is 351 cm³/mol. The van der Waals surface area contributed by atoms with Crippen molar-refractivity contribution in [2.24, 2.45) is 21.5 Å². The van der Waals surface area contributed by atoms with E-state index in [1.54, 1.807) is 24.3 Å². The Bertz CT molecular complexity index is 2520. The van der Waals surface area contributed by atoms with E-state index in [1.165, 1.54) is 37.8 Å². The minimum atomic E-state index is -0.741. The fourth-order valence-corrected chi connectivity index (χ4v) is 8.49. The van der Waals surface area contributed by atoms with Gasteiger partial charge in [-0.3, -0.25) is 39.8 Å². The average molecular weight is 1270 g/mol. The molecular formula is C55H92Cl2N18O8S2. The lowest BCUT2D eigenvalue weighted by Gasteiger charge is -2.18. The molecule has 4 aromatic rings. The number of phenolic OH excluding ortho intramolecular Hbond substituents is 2. The molecule has 0 radical (unpaired) electrons. The van der Waals surface area contributed by atoms with Gasteiger partial charge >= 0.3 is 0 Å². The number of hydrogen-bond acceptors (Lipinski definition) is 20. The van der Waals surface area contributed by atoms with E-state index in [0.717, 1.165) is 89.9 Å². The van der Waals surface area contributed by atoms with E-state index in [-0.39, 0.29) is 126 Å². The number of carbonyl (C=O) groups excluding carboxylic acids is 4. The summed E-state index contributed by atoms with van der Waals surface area (Å²) >= 11 is 11.6. The molecule has 26 nitrogen and oxygen atoms in total. The van der Waals surface area contributed by atoms with Gasteiger partial charge in [0.2, 0.25) is 12.8 Å². The molecule has 2 aromatic heterocycles. The second-order valence-corrected chi connectivity index (χ2v) is 20.4. The number of benzene rings is 2. The molecule has 476 valence electrons. The highest BCUT2D eigenvalue weighted by Gasteiger charge is 2.19. The first-order valence-electron chi connectivity index (χ1n) is 27.5. The van der Waals surface area contributed by atoms with Gasteiger partial charge in [-0.2, -0.15) is 27.0 Å². The van der Waals surface area contributed by atoms with Crippen LogP contribution in [0.5, 0.6) is 11.5 Å². The number of nitrogen functional groups attached to an aromatic ring is 4. The van der Waals surface area contributed by atoms with Crippen molar-refractivity contribution in [2.75, 3.05) is 59.7 Å². The van der Waals surface area contributed by atoms with Crippen LogP contribution in [0.25, 0.3) is 0 Å². The third-order valence-corrected chi connectivity index (χ3v) is 13.5. The number of aliphatic hydroxyl groups is 2. The van der Waals surface area contributed by atoms with Crippen LogP contribution in [0.4, 0.5) is 34.6 Å². The molecule has 2 aromatic carbocycles. The summed E-state index contributed by atoms with van der Waals surface area (Å²) in [5.74, 6) is -1.85. The Hall–Kier alpha value is -6.66. The van der Waals surface area contributed by atoms with Crippen molar-refractivity contribution >= 4 is 121 Å². The van der Waals surface area contributed by atoms with Gasteiger partial charge in [-0.25, -0.2) is 19.9 Å². The lowest BCUT2D eigenvalue weighted by Crippen LogP contribution is -2.38. The number of amides is 4. The van der Waals surface area contributed by atoms with E-state index in [9.17, 15) is 39.6 Å². The number of anilines is 6. The molecule has 0 saturated carbocycles. The first-order valence-corrected chi connectivity index (χ1v) is 28.3. The van der Waals surface area contributed by atoms with Gasteiger partial charge in [0.05, 0.1) is 23.6 Å². The van der Waals surface area contributed by atoms with Crippen molar-refractivity contribution in [3.05, 3.63) is 69.2 Å². The summed E-state index contributed by atoms with van der Waals surface area (Å²) in [4.78, 5) is 69.2. The van der Waals surface area contributed by atoms with Gasteiger partial charge < -0.3 is 76.1 Å². The Morgan fingerprint density at radius 3 is 1.19 bits per heavy atom. The molecule has 2 heterocycles. The van der Waals surface area contributed by atoms with Crippen LogP contribution in [0.1, 0.15) is 181 Å². The number of aliphatic imine (C=N–C) groups is 2. The number of rotatable bonds is 36. The third kappa shape index (κ3) is 30.8. The van der Waals surface area contributed by atoms with Crippen molar-refractivity contribution in [3.63, 3.8) is 0 Å². The highest BCUT2D eigenvalue weighted by Crippen LogP contribution is 2.28. The summed E-state index contributed by atoms with van der Waals surface area (Å²) in [6, 6.07) is 9.85. The Morgan fingerprint density at radius 2 is 0.859 bits per heavy atom. The summed E-state index contributed by atoms with van der Waals surface area (Å²) in [5.41, 5.74) is 35.3. The number of halogens is 2. The van der Waals surface area contributed by atoms with Crippen molar-refractivity contribution in [1.29, 1.82) is 0 Å². The molecule has 4 rings (SSSR count). The summed E-state index contributed by atoms with van der Waals surface area (Å²) in [6.45, 7) is 5.96. The first-order chi connectivity index (χ1) is 39.2. The minimum absolute atomic E-state index is 0. The van der Waals surface area contributed by atoms with Gasteiger partial charge in [-0.15, -0.1) is 0 Å². The summed E-state index contributed by atoms with van der Waals surface area (Å²) in [5, 5.41) is 56.4. The Kier molecular flexibility index (Phi) is 40.4. The first kappa shape index (κ1) is 78.3. The van der Waals surface area contributed by atoms with Gasteiger partial charge in [0.25, 0.3) is 11.8 Å². The van der Waals surface area contributed by atoms with Crippen molar-refractivity contribution < 1.29 is 39.6 Å². The summed E-state index contributed by atoms with van der Waals surface area (Å²) < 4.78 is 0. The van der Waals surface area contributed by atoms with Crippen LogP contribution in [0, 0.1) is 0 Å². The molecule has 4 amide bonds. The Balaban J connectivity index is 0.00000160. The lowest BCUT2D eigenvalue weighted by atomic mass is 10.0. The van der Waals surface area contributed by atoms with Crippen LogP contribution in [0.3, 0.4) is 0 Å². The number of nitrogens with one attached hydrogen (secondary N) is 6. The van der Waals surface area contributed by atoms with Crippen LogP contribution in [-0.2, 0) is 9.59 Å². The molecule has 0 saturated heterocycles. The van der Waals surface area contributed by atoms with Gasteiger partial charge in [0, 0.05) is 38.3 Å². The largest absolute Gasteiger partial charge is 0.506 e. The highest BCUT2D eigenvalue weighted by molar-refractivity contribution is 7.59. The molecule has 30 heteroatoms. The molecule has 0 aliphatic rings. The molecule has 0 aliphatic heterocycles. The number of nitrogens with two attached hydrogens (primary N) is 6. The second kappa shape index (κ2) is 43.9. The zero-order valence-electron chi connectivity index (χ0n) is 47.8. The number of guanidine groups is 2. The molecule has 0 bridgehead atoms. The second-order valence-electron chi connectivity index (χ2n) is 19.7. The fraction of sp³-hybridized carbons (Fsp3) is 0.527. The Labute approximate surface area is 522 Å². The van der Waals surface area contributed by atoms with E-state index >= 15 is 0 Å². The number of aliphatic hydroxyl groups excluding tert-OH is 2. The van der Waals surface area contributed by atoms with Gasteiger partial charge in [-0.1, -0.05) is 133 Å². The third-order valence-electron chi connectivity index (χ3n) is 12.9. The highest BCUT2D eigenvalue weighted by atomic mass is 35.5. The van der Waals surface area contributed by atoms with E-state index in [1.807, 2.05) is 0 Å². The maximum Gasteiger partial charge on any atom is 0.280 e. The maximum atomic E-state index is 12.2. The number of aromatic nitrogens is 4. The van der Waals surface area contributed by atoms with Gasteiger partial charge in [-0.05, 0) is 74.9 Å². The fourth-order valence-electron chi connectivity index (χ4n) is 8.24. The number of aromatic hydroxyl groups is 2. The molecule has 0 fully saturated rings. The number of hydrogen-bond donors (Lipinski definition) is 16. The zero-order chi connectivity index (χ0) is 60.4. The summed E-state index contributed by atoms with van der Waals surface area (Å²) in [7, 11) is 0. The van der Waals surface area contributed by atoms with Crippen LogP contribution in [0.15, 0.2) is 46.4 Å². The van der Waals surface area contributed by atoms with Gasteiger partial charge in [0.15, 0.2) is 56.9 Å². The van der Waals surface area contributed by atoms with Crippen LogP contribution < -0.4 is 66.3 Å². The predicted octanol–water partition coefficient (Wildman–Crippen LogP) is 6.53. The van der Waals surface area contributed by atoms with Crippen molar-refractivity contribution in [3.8, 4) is 11.5 Å². The van der Waals surface area contributed by atoms with Crippen LogP contribution in [-0.4, -0.2) is 115 Å². The maximum absolute atomic E-state index is 12.2. The van der Waals surface area contributed by atoms with Gasteiger partial charge in [0.1, 0.15) is 11.5 Å². The van der Waals surface area contributed by atoms with E-state index < -0.39 is 24.0 Å². The van der Waals surface area contributed by atoms with Crippen molar-refractivity contribution in [1.82, 2.24) is 41.2 Å². The van der Waals surface area contributed by atoms with E-state index in [2.05, 4.69) is 75.7 Å². The standard InChI is InChI=1S/2C27H42ClN9O4.CH4.2H2S/c2*1-17(33-15-21(40)18-11-12-20(39)19(14-18)34-16-38)10-8-6-4-2-3-5-7-9-13-32-27(31)37-26(41)22-24(29)36-25(30)23(28)35-22;;;/h2*11-12,14,16-17,21,33,39-40H,2-10,13,15H2,1H3,(H,34,38)(H4,29,30,36)(H3,31,32,37,41);1H4;2*1H2/t2*17-,21-;;;/m00.../s1. The molecular weight excluding hydrogens is 1180 g/mol. The van der Waals surface area contributed by atoms with Crippen LogP contribution >= 0.6 is 50.2 Å². The molecule has 0 spiro atoms. The van der Waals surface area contributed by atoms with Crippen LogP contribution in [0.2, 0.25) is 10.3 Å². The molecule has 85 heavy (non-hydrogen) atoms. The van der Waals surface area contributed by atoms with E-state index in [4.69, 9.17) is 57.6 Å². The monoisotopic (exact) mass is 1270 g/mol. The molecule has 4 atom stereocenters. The van der Waals surface area contributed by atoms with E-state index in [0.29, 0.717) is 50.1 Å². The quantitative estimate of drug-likeness (QED) is 0.00756.